The van der Waals surface area contributed by atoms with Crippen LogP contribution in [-0.2, 0) is 6.42 Å². The lowest BCUT2D eigenvalue weighted by Crippen LogP contribution is -2.13. The standard InChI is InChI=1S/C14H16N4S/c1-3-10-6-4-5-9(2)12(10)18-14-16-8-7-11(17-14)13(15)19/h4-8H,3H2,1-2H3,(H2,15,19)(H,16,17,18). The van der Waals surface area contributed by atoms with Crippen molar-refractivity contribution < 1.29 is 0 Å². The molecule has 0 fully saturated rings. The maximum atomic E-state index is 5.58. The third-order valence-corrected chi connectivity index (χ3v) is 3.09. The lowest BCUT2D eigenvalue weighted by molar-refractivity contribution is 1.11. The molecule has 19 heavy (non-hydrogen) atoms. The number of aryl methyl sites for hydroxylation is 2. The zero-order valence-corrected chi connectivity index (χ0v) is 11.8. The van der Waals surface area contributed by atoms with E-state index in [1.807, 2.05) is 6.07 Å². The Labute approximate surface area is 118 Å². The van der Waals surface area contributed by atoms with Gasteiger partial charge in [0.15, 0.2) is 0 Å². The number of nitrogens with two attached hydrogens (primary N) is 1. The summed E-state index contributed by atoms with van der Waals surface area (Å²) in [6.07, 6.45) is 2.59. The van der Waals surface area contributed by atoms with Gasteiger partial charge in [0.25, 0.3) is 0 Å². The van der Waals surface area contributed by atoms with Crippen LogP contribution < -0.4 is 11.1 Å². The summed E-state index contributed by atoms with van der Waals surface area (Å²) in [5.74, 6) is 0.509. The van der Waals surface area contributed by atoms with Gasteiger partial charge >= 0.3 is 0 Å². The normalized spacial score (nSPS) is 10.2. The fraction of sp³-hybridized carbons (Fsp3) is 0.214. The van der Waals surface area contributed by atoms with E-state index in [1.54, 1.807) is 12.3 Å². The summed E-state index contributed by atoms with van der Waals surface area (Å²) in [6, 6.07) is 7.89. The fourth-order valence-corrected chi connectivity index (χ4v) is 1.98. The van der Waals surface area contributed by atoms with Gasteiger partial charge in [0.1, 0.15) is 10.7 Å². The first-order chi connectivity index (χ1) is 9.11. The second-order valence-corrected chi connectivity index (χ2v) is 4.66. The van der Waals surface area contributed by atoms with Gasteiger partial charge in [0.05, 0.1) is 0 Å². The number of aromatic nitrogens is 2. The number of para-hydroxylation sites is 1. The van der Waals surface area contributed by atoms with E-state index in [4.69, 9.17) is 18.0 Å². The van der Waals surface area contributed by atoms with Crippen LogP contribution in [0.25, 0.3) is 0 Å². The van der Waals surface area contributed by atoms with Gasteiger partial charge in [-0.05, 0) is 30.5 Å². The SMILES string of the molecule is CCc1cccc(C)c1Nc1nccc(C(N)=S)n1. The molecule has 2 aromatic rings. The number of thiocarbonyl (C=S) groups is 1. The van der Waals surface area contributed by atoms with E-state index in [9.17, 15) is 0 Å². The van der Waals surface area contributed by atoms with Gasteiger partial charge in [-0.1, -0.05) is 37.3 Å². The molecular weight excluding hydrogens is 256 g/mol. The molecule has 5 heteroatoms. The topological polar surface area (TPSA) is 63.8 Å². The molecule has 0 saturated carbocycles. The minimum Gasteiger partial charge on any atom is -0.388 e. The molecule has 0 bridgehead atoms. The van der Waals surface area contributed by atoms with E-state index in [1.165, 1.54) is 5.56 Å². The molecule has 2 rings (SSSR count). The maximum Gasteiger partial charge on any atom is 0.227 e. The number of anilines is 2. The van der Waals surface area contributed by atoms with Crippen LogP contribution in [0.5, 0.6) is 0 Å². The molecule has 0 aliphatic rings. The monoisotopic (exact) mass is 272 g/mol. The molecule has 98 valence electrons. The molecule has 0 saturated heterocycles. The first kappa shape index (κ1) is 13.4. The van der Waals surface area contributed by atoms with Crippen LogP contribution in [0.1, 0.15) is 23.7 Å². The van der Waals surface area contributed by atoms with Crippen molar-refractivity contribution >= 4 is 28.8 Å². The molecule has 0 atom stereocenters. The Bertz CT molecular complexity index is 610. The molecule has 1 heterocycles. The molecule has 0 spiro atoms. The summed E-state index contributed by atoms with van der Waals surface area (Å²) in [7, 11) is 0. The van der Waals surface area contributed by atoms with Crippen molar-refractivity contribution in [2.24, 2.45) is 5.73 Å². The quantitative estimate of drug-likeness (QED) is 0.838. The highest BCUT2D eigenvalue weighted by Crippen LogP contribution is 2.23. The lowest BCUT2D eigenvalue weighted by atomic mass is 10.1. The number of hydrogen-bond donors (Lipinski definition) is 2. The Morgan fingerprint density at radius 3 is 2.84 bits per heavy atom. The van der Waals surface area contributed by atoms with Gasteiger partial charge in [-0.2, -0.15) is 0 Å². The smallest absolute Gasteiger partial charge is 0.227 e. The lowest BCUT2D eigenvalue weighted by Gasteiger charge is -2.13. The van der Waals surface area contributed by atoms with Crippen molar-refractivity contribution in [3.05, 3.63) is 47.3 Å². The Morgan fingerprint density at radius 1 is 1.37 bits per heavy atom. The molecule has 0 aliphatic carbocycles. The number of hydrogen-bond acceptors (Lipinski definition) is 4. The van der Waals surface area contributed by atoms with Crippen LogP contribution in [0, 0.1) is 6.92 Å². The first-order valence-electron chi connectivity index (χ1n) is 6.10. The average Bonchev–Trinajstić information content (AvgIpc) is 2.41. The molecule has 1 aromatic heterocycles. The molecule has 0 radical (unpaired) electrons. The predicted molar refractivity (Wildman–Crippen MR) is 81.8 cm³/mol. The molecule has 0 amide bonds. The second kappa shape index (κ2) is 5.75. The van der Waals surface area contributed by atoms with E-state index in [-0.39, 0.29) is 4.99 Å². The maximum absolute atomic E-state index is 5.58. The first-order valence-corrected chi connectivity index (χ1v) is 6.51. The summed E-state index contributed by atoms with van der Waals surface area (Å²) < 4.78 is 0. The van der Waals surface area contributed by atoms with Gasteiger partial charge in [-0.3, -0.25) is 0 Å². The summed E-state index contributed by atoms with van der Waals surface area (Å²) in [4.78, 5) is 8.76. The van der Waals surface area contributed by atoms with Crippen molar-refractivity contribution in [2.75, 3.05) is 5.32 Å². The van der Waals surface area contributed by atoms with Crippen LogP contribution in [0.2, 0.25) is 0 Å². The van der Waals surface area contributed by atoms with Gasteiger partial charge in [0, 0.05) is 11.9 Å². The van der Waals surface area contributed by atoms with E-state index < -0.39 is 0 Å². The van der Waals surface area contributed by atoms with Crippen molar-refractivity contribution in [3.63, 3.8) is 0 Å². The van der Waals surface area contributed by atoms with Gasteiger partial charge in [-0.15, -0.1) is 0 Å². The number of nitrogens with one attached hydrogen (secondary N) is 1. The Hall–Kier alpha value is -2.01. The minimum atomic E-state index is 0.269. The van der Waals surface area contributed by atoms with Crippen LogP contribution in [0.3, 0.4) is 0 Å². The van der Waals surface area contributed by atoms with Gasteiger partial charge < -0.3 is 11.1 Å². The van der Waals surface area contributed by atoms with E-state index in [2.05, 4.69) is 41.3 Å². The molecule has 0 unspecified atom stereocenters. The Kier molecular flexibility index (Phi) is 4.06. The summed E-state index contributed by atoms with van der Waals surface area (Å²) >= 11 is 4.92. The molecule has 1 aromatic carbocycles. The second-order valence-electron chi connectivity index (χ2n) is 4.22. The third kappa shape index (κ3) is 3.06. The highest BCUT2D eigenvalue weighted by Gasteiger charge is 2.07. The average molecular weight is 272 g/mol. The number of nitrogens with zero attached hydrogens (tertiary/aromatic N) is 2. The molecule has 3 N–H and O–H groups in total. The highest BCUT2D eigenvalue weighted by molar-refractivity contribution is 7.80. The fourth-order valence-electron chi connectivity index (χ4n) is 1.87. The van der Waals surface area contributed by atoms with Crippen LogP contribution in [-0.4, -0.2) is 15.0 Å². The van der Waals surface area contributed by atoms with Crippen molar-refractivity contribution in [2.45, 2.75) is 20.3 Å². The van der Waals surface area contributed by atoms with Gasteiger partial charge in [0.2, 0.25) is 5.95 Å². The van der Waals surface area contributed by atoms with E-state index in [0.29, 0.717) is 11.6 Å². The van der Waals surface area contributed by atoms with Gasteiger partial charge in [-0.25, -0.2) is 9.97 Å². The summed E-state index contributed by atoms with van der Waals surface area (Å²) in [6.45, 7) is 4.17. The van der Waals surface area contributed by atoms with Crippen LogP contribution in [0.4, 0.5) is 11.6 Å². The number of benzene rings is 1. The minimum absolute atomic E-state index is 0.269. The zero-order valence-electron chi connectivity index (χ0n) is 11.0. The number of rotatable bonds is 4. The Balaban J connectivity index is 2.36. The van der Waals surface area contributed by atoms with Crippen LogP contribution >= 0.6 is 12.2 Å². The van der Waals surface area contributed by atoms with E-state index in [0.717, 1.165) is 17.7 Å². The van der Waals surface area contributed by atoms with Crippen LogP contribution in [0.15, 0.2) is 30.5 Å². The van der Waals surface area contributed by atoms with Crippen molar-refractivity contribution in [1.29, 1.82) is 0 Å². The van der Waals surface area contributed by atoms with E-state index >= 15 is 0 Å². The molecular formula is C14H16N4S. The summed E-state index contributed by atoms with van der Waals surface area (Å²) in [5, 5.41) is 3.25. The molecule has 0 aliphatic heterocycles. The predicted octanol–water partition coefficient (Wildman–Crippen LogP) is 2.73. The highest BCUT2D eigenvalue weighted by atomic mass is 32.1. The zero-order chi connectivity index (χ0) is 13.8. The van der Waals surface area contributed by atoms with Crippen molar-refractivity contribution in [1.82, 2.24) is 9.97 Å². The summed E-state index contributed by atoms with van der Waals surface area (Å²) in [5.41, 5.74) is 9.57. The third-order valence-electron chi connectivity index (χ3n) is 2.88. The largest absolute Gasteiger partial charge is 0.388 e. The molecule has 4 nitrogen and oxygen atoms in total. The Morgan fingerprint density at radius 2 is 2.16 bits per heavy atom. The van der Waals surface area contributed by atoms with Crippen molar-refractivity contribution in [3.8, 4) is 0 Å².